The van der Waals surface area contributed by atoms with E-state index in [1.54, 1.807) is 53.7 Å². The summed E-state index contributed by atoms with van der Waals surface area (Å²) in [6, 6.07) is 16.2. The van der Waals surface area contributed by atoms with Crippen LogP contribution in [0.3, 0.4) is 0 Å². The highest BCUT2D eigenvalue weighted by atomic mass is 16.5. The molecule has 3 aromatic rings. The van der Waals surface area contributed by atoms with Crippen molar-refractivity contribution >= 4 is 11.8 Å². The topological polar surface area (TPSA) is 98.4 Å². The number of amides is 2. The second-order valence-corrected chi connectivity index (χ2v) is 6.74. The minimum Gasteiger partial charge on any atom is -0.368 e. The van der Waals surface area contributed by atoms with E-state index >= 15 is 0 Å². The summed E-state index contributed by atoms with van der Waals surface area (Å²) in [7, 11) is 0. The number of rotatable bonds is 4. The molecule has 2 N–H and O–H groups in total. The van der Waals surface area contributed by atoms with Crippen LogP contribution in [0.25, 0.3) is 11.1 Å². The summed E-state index contributed by atoms with van der Waals surface area (Å²) < 4.78 is 5.84. The lowest BCUT2D eigenvalue weighted by molar-refractivity contribution is -0.0249. The molecule has 146 valence electrons. The predicted octanol–water partition coefficient (Wildman–Crippen LogP) is 2.46. The number of hydrogen-bond donors (Lipinski definition) is 1. The first-order chi connectivity index (χ1) is 14.1. The van der Waals surface area contributed by atoms with Crippen molar-refractivity contribution in [2.24, 2.45) is 5.73 Å². The first kappa shape index (κ1) is 18.8. The smallest absolute Gasteiger partial charge is 0.272 e. The van der Waals surface area contributed by atoms with Crippen molar-refractivity contribution in [1.29, 1.82) is 0 Å². The van der Waals surface area contributed by atoms with Crippen molar-refractivity contribution in [3.8, 4) is 11.1 Å². The molecule has 0 saturated carbocycles. The third-order valence-corrected chi connectivity index (χ3v) is 4.83. The summed E-state index contributed by atoms with van der Waals surface area (Å²) in [5.41, 5.74) is 8.70. The third kappa shape index (κ3) is 4.14. The van der Waals surface area contributed by atoms with E-state index in [1.807, 2.05) is 18.2 Å². The van der Waals surface area contributed by atoms with Gasteiger partial charge in [-0.1, -0.05) is 24.3 Å². The van der Waals surface area contributed by atoms with E-state index in [0.717, 1.165) is 16.8 Å². The number of nitrogens with two attached hydrogens (primary N) is 1. The van der Waals surface area contributed by atoms with Gasteiger partial charge in [0.2, 0.25) is 5.91 Å². The molecule has 1 fully saturated rings. The van der Waals surface area contributed by atoms with Crippen LogP contribution in [0, 0.1) is 0 Å². The molecule has 0 spiro atoms. The van der Waals surface area contributed by atoms with Gasteiger partial charge in [0.05, 0.1) is 18.8 Å². The summed E-state index contributed by atoms with van der Waals surface area (Å²) in [6.45, 7) is 1.37. The number of morpholine rings is 1. The highest BCUT2D eigenvalue weighted by Crippen LogP contribution is 2.25. The molecule has 0 unspecified atom stereocenters. The minimum atomic E-state index is -0.468. The second kappa shape index (κ2) is 8.20. The molecule has 0 bridgehead atoms. The Hall–Kier alpha value is -3.58. The average Bonchev–Trinajstić information content (AvgIpc) is 2.79. The van der Waals surface area contributed by atoms with E-state index in [1.165, 1.54) is 0 Å². The number of carbonyl (C=O) groups is 2. The molecule has 29 heavy (non-hydrogen) atoms. The number of primary amides is 1. The quantitative estimate of drug-likeness (QED) is 0.740. The largest absolute Gasteiger partial charge is 0.368 e. The van der Waals surface area contributed by atoms with Crippen LogP contribution in [0.15, 0.2) is 67.0 Å². The normalized spacial score (nSPS) is 16.4. The Balaban J connectivity index is 1.49. The van der Waals surface area contributed by atoms with Gasteiger partial charge in [0.1, 0.15) is 11.8 Å². The Labute approximate surface area is 168 Å². The highest BCUT2D eigenvalue weighted by molar-refractivity contribution is 5.94. The lowest BCUT2D eigenvalue weighted by Crippen LogP contribution is -2.42. The van der Waals surface area contributed by atoms with Gasteiger partial charge in [0.25, 0.3) is 5.91 Å². The van der Waals surface area contributed by atoms with Crippen LogP contribution in [0.1, 0.15) is 32.6 Å². The Morgan fingerprint density at radius 2 is 1.93 bits per heavy atom. The van der Waals surface area contributed by atoms with Gasteiger partial charge in [0.15, 0.2) is 0 Å². The minimum absolute atomic E-state index is 0.112. The van der Waals surface area contributed by atoms with E-state index in [-0.39, 0.29) is 12.0 Å². The van der Waals surface area contributed by atoms with Crippen LogP contribution >= 0.6 is 0 Å². The number of pyridine rings is 2. The molecule has 1 atom stereocenters. The van der Waals surface area contributed by atoms with Gasteiger partial charge in [-0.05, 0) is 35.9 Å². The number of ether oxygens (including phenoxy) is 1. The van der Waals surface area contributed by atoms with E-state index < -0.39 is 5.91 Å². The fourth-order valence-electron chi connectivity index (χ4n) is 3.28. The van der Waals surface area contributed by atoms with Crippen molar-refractivity contribution in [1.82, 2.24) is 14.9 Å². The van der Waals surface area contributed by atoms with E-state index in [9.17, 15) is 9.59 Å². The molecular formula is C22H20N4O3. The van der Waals surface area contributed by atoms with E-state index in [4.69, 9.17) is 10.5 Å². The predicted molar refractivity (Wildman–Crippen MR) is 107 cm³/mol. The molecule has 1 aliphatic heterocycles. The van der Waals surface area contributed by atoms with Crippen LogP contribution in [0.2, 0.25) is 0 Å². The zero-order valence-electron chi connectivity index (χ0n) is 15.7. The van der Waals surface area contributed by atoms with Gasteiger partial charge < -0.3 is 15.4 Å². The van der Waals surface area contributed by atoms with Gasteiger partial charge in [-0.2, -0.15) is 0 Å². The maximum atomic E-state index is 12.7. The molecule has 4 rings (SSSR count). The molecular weight excluding hydrogens is 368 g/mol. The molecule has 0 radical (unpaired) electrons. The van der Waals surface area contributed by atoms with Crippen LogP contribution in [-0.2, 0) is 4.74 Å². The van der Waals surface area contributed by atoms with Gasteiger partial charge >= 0.3 is 0 Å². The number of nitrogens with zero attached hydrogens (tertiary/aromatic N) is 3. The standard InChI is InChI=1S/C22H20N4O3/c23-21(27)16-5-3-4-15(12-16)17-7-8-18(25-13-17)20-14-26(10-11-29-20)22(28)19-6-1-2-9-24-19/h1-9,12-13,20H,10-11,14H2,(H2,23,27)/t20-/m0/s1. The van der Waals surface area contributed by atoms with Crippen molar-refractivity contribution in [3.05, 3.63) is 83.9 Å². The summed E-state index contributed by atoms with van der Waals surface area (Å²) >= 11 is 0. The summed E-state index contributed by atoms with van der Waals surface area (Å²) in [6.07, 6.45) is 3.04. The molecule has 3 heterocycles. The van der Waals surface area contributed by atoms with E-state index in [0.29, 0.717) is 31.0 Å². The third-order valence-electron chi connectivity index (χ3n) is 4.83. The average molecular weight is 388 g/mol. The number of hydrogen-bond acceptors (Lipinski definition) is 5. The van der Waals surface area contributed by atoms with Gasteiger partial charge in [-0.25, -0.2) is 0 Å². The fourth-order valence-corrected chi connectivity index (χ4v) is 3.28. The summed E-state index contributed by atoms with van der Waals surface area (Å²) in [5, 5.41) is 0. The Morgan fingerprint density at radius 3 is 2.66 bits per heavy atom. The maximum Gasteiger partial charge on any atom is 0.272 e. The Kier molecular flexibility index (Phi) is 5.31. The van der Waals surface area contributed by atoms with Gasteiger partial charge in [0, 0.05) is 30.1 Å². The lowest BCUT2D eigenvalue weighted by atomic mass is 10.0. The monoisotopic (exact) mass is 388 g/mol. The lowest BCUT2D eigenvalue weighted by Gasteiger charge is -2.32. The highest BCUT2D eigenvalue weighted by Gasteiger charge is 2.27. The molecule has 1 aromatic carbocycles. The number of carbonyl (C=O) groups excluding carboxylic acids is 2. The first-order valence-electron chi connectivity index (χ1n) is 9.30. The zero-order valence-corrected chi connectivity index (χ0v) is 15.7. The van der Waals surface area contributed by atoms with Crippen LogP contribution in [0.4, 0.5) is 0 Å². The zero-order chi connectivity index (χ0) is 20.2. The van der Waals surface area contributed by atoms with E-state index in [2.05, 4.69) is 9.97 Å². The number of aromatic nitrogens is 2. The molecule has 0 aliphatic carbocycles. The molecule has 1 saturated heterocycles. The summed E-state index contributed by atoms with van der Waals surface area (Å²) in [5.74, 6) is -0.580. The van der Waals surface area contributed by atoms with Crippen LogP contribution in [-0.4, -0.2) is 46.4 Å². The SMILES string of the molecule is NC(=O)c1cccc(-c2ccc([C@@H]3CN(C(=O)c4ccccn4)CCO3)nc2)c1. The molecule has 7 heteroatoms. The molecule has 2 aromatic heterocycles. The maximum absolute atomic E-state index is 12.7. The van der Waals surface area contributed by atoms with Crippen molar-refractivity contribution in [2.45, 2.75) is 6.10 Å². The number of benzene rings is 1. The molecule has 2 amide bonds. The molecule has 1 aliphatic rings. The van der Waals surface area contributed by atoms with Crippen molar-refractivity contribution in [2.75, 3.05) is 19.7 Å². The van der Waals surface area contributed by atoms with Crippen molar-refractivity contribution in [3.63, 3.8) is 0 Å². The van der Waals surface area contributed by atoms with Crippen LogP contribution in [0.5, 0.6) is 0 Å². The second-order valence-electron chi connectivity index (χ2n) is 6.74. The van der Waals surface area contributed by atoms with Crippen molar-refractivity contribution < 1.29 is 14.3 Å². The Morgan fingerprint density at radius 1 is 1.03 bits per heavy atom. The Bertz CT molecular complexity index is 1020. The fraction of sp³-hybridized carbons (Fsp3) is 0.182. The van der Waals surface area contributed by atoms with Gasteiger partial charge in [-0.15, -0.1) is 0 Å². The van der Waals surface area contributed by atoms with Crippen LogP contribution < -0.4 is 5.73 Å². The first-order valence-corrected chi connectivity index (χ1v) is 9.30. The molecule has 7 nitrogen and oxygen atoms in total. The van der Waals surface area contributed by atoms with Gasteiger partial charge in [-0.3, -0.25) is 19.6 Å². The summed E-state index contributed by atoms with van der Waals surface area (Å²) in [4.78, 5) is 34.4.